The predicted molar refractivity (Wildman–Crippen MR) is 90.9 cm³/mol. The summed E-state index contributed by atoms with van der Waals surface area (Å²) in [4.78, 5) is 46.6. The smallest absolute Gasteiger partial charge is 0.408 e. The van der Waals surface area contributed by atoms with Crippen molar-refractivity contribution in [3.05, 3.63) is 0 Å². The Hall–Kier alpha value is -2.32. The van der Waals surface area contributed by atoms with Crippen LogP contribution in [0.5, 0.6) is 0 Å². The summed E-state index contributed by atoms with van der Waals surface area (Å²) in [5, 5.41) is 15.7. The number of amides is 3. The van der Waals surface area contributed by atoms with Crippen molar-refractivity contribution in [2.75, 3.05) is 6.54 Å². The third-order valence-corrected chi connectivity index (χ3v) is 3.33. The molecular weight excluding hydrogens is 330 g/mol. The van der Waals surface area contributed by atoms with E-state index in [1.807, 2.05) is 6.92 Å². The molecule has 9 heteroatoms. The van der Waals surface area contributed by atoms with Crippen LogP contribution < -0.4 is 16.0 Å². The van der Waals surface area contributed by atoms with Crippen molar-refractivity contribution < 1.29 is 29.0 Å². The number of hydrogen-bond donors (Lipinski definition) is 4. The van der Waals surface area contributed by atoms with E-state index >= 15 is 0 Å². The van der Waals surface area contributed by atoms with Crippen molar-refractivity contribution in [2.24, 2.45) is 5.92 Å². The summed E-state index contributed by atoms with van der Waals surface area (Å²) < 4.78 is 5.16. The van der Waals surface area contributed by atoms with Crippen LogP contribution in [-0.4, -0.2) is 53.2 Å². The predicted octanol–water partition coefficient (Wildman–Crippen LogP) is 0.631. The van der Waals surface area contributed by atoms with Gasteiger partial charge in [-0.05, 0) is 33.6 Å². The second kappa shape index (κ2) is 9.85. The van der Waals surface area contributed by atoms with Gasteiger partial charge < -0.3 is 25.8 Å². The number of ether oxygens (including phenoxy) is 1. The number of carboxylic acids is 1. The third-order valence-electron chi connectivity index (χ3n) is 3.33. The Morgan fingerprint density at radius 1 is 1.04 bits per heavy atom. The molecule has 144 valence electrons. The van der Waals surface area contributed by atoms with Crippen molar-refractivity contribution in [3.63, 3.8) is 0 Å². The van der Waals surface area contributed by atoms with Gasteiger partial charge in [-0.1, -0.05) is 20.3 Å². The highest BCUT2D eigenvalue weighted by atomic mass is 16.6. The molecule has 0 bridgehead atoms. The lowest BCUT2D eigenvalue weighted by Crippen LogP contribution is -2.55. The maximum atomic E-state index is 12.4. The van der Waals surface area contributed by atoms with Gasteiger partial charge in [-0.25, -0.2) is 4.79 Å². The van der Waals surface area contributed by atoms with E-state index in [4.69, 9.17) is 9.84 Å². The number of rotatable bonds is 8. The van der Waals surface area contributed by atoms with Crippen molar-refractivity contribution in [1.29, 1.82) is 0 Å². The maximum absolute atomic E-state index is 12.4. The number of alkyl carbamates (subject to hydrolysis) is 1. The van der Waals surface area contributed by atoms with Crippen LogP contribution in [0.25, 0.3) is 0 Å². The summed E-state index contributed by atoms with van der Waals surface area (Å²) in [5.74, 6) is -2.55. The first-order valence-electron chi connectivity index (χ1n) is 8.16. The Morgan fingerprint density at radius 2 is 1.60 bits per heavy atom. The van der Waals surface area contributed by atoms with E-state index in [1.165, 1.54) is 6.92 Å². The molecule has 0 aliphatic carbocycles. The molecule has 0 spiro atoms. The van der Waals surface area contributed by atoms with E-state index in [2.05, 4.69) is 16.0 Å². The topological polar surface area (TPSA) is 134 Å². The average Bonchev–Trinajstić information content (AvgIpc) is 2.47. The number of nitrogens with one attached hydrogen (secondary N) is 3. The van der Waals surface area contributed by atoms with Crippen LogP contribution in [0.3, 0.4) is 0 Å². The summed E-state index contributed by atoms with van der Waals surface area (Å²) in [6.45, 7) is 9.67. The first kappa shape index (κ1) is 22.7. The minimum absolute atomic E-state index is 0.193. The molecule has 25 heavy (non-hydrogen) atoms. The lowest BCUT2D eigenvalue weighted by Gasteiger charge is -2.27. The fraction of sp³-hybridized carbons (Fsp3) is 0.750. The number of carbonyl (C=O) groups excluding carboxylic acids is 3. The van der Waals surface area contributed by atoms with Gasteiger partial charge in [-0.15, -0.1) is 0 Å². The highest BCUT2D eigenvalue weighted by Gasteiger charge is 2.30. The summed E-state index contributed by atoms with van der Waals surface area (Å²) in [7, 11) is 0. The molecule has 0 aromatic heterocycles. The Balaban J connectivity index is 4.86. The van der Waals surface area contributed by atoms with Crippen LogP contribution >= 0.6 is 0 Å². The van der Waals surface area contributed by atoms with E-state index in [0.717, 1.165) is 0 Å². The molecule has 0 aliphatic heterocycles. The van der Waals surface area contributed by atoms with Gasteiger partial charge in [0.2, 0.25) is 11.8 Å². The molecule has 0 saturated heterocycles. The minimum Gasteiger partial charge on any atom is -0.480 e. The van der Waals surface area contributed by atoms with Gasteiger partial charge in [0.15, 0.2) is 0 Å². The van der Waals surface area contributed by atoms with Gasteiger partial charge in [-0.2, -0.15) is 0 Å². The third kappa shape index (κ3) is 9.53. The molecule has 0 radical (unpaired) electrons. The molecule has 9 nitrogen and oxygen atoms in total. The molecule has 0 heterocycles. The number of carboxylic acid groups (broad SMARTS) is 1. The zero-order valence-electron chi connectivity index (χ0n) is 15.6. The van der Waals surface area contributed by atoms with E-state index < -0.39 is 48.1 Å². The molecule has 0 aromatic carbocycles. The second-order valence-corrected chi connectivity index (χ2v) is 6.85. The van der Waals surface area contributed by atoms with Crippen LogP contribution in [0.4, 0.5) is 4.79 Å². The number of aliphatic carboxylic acids is 1. The summed E-state index contributed by atoms with van der Waals surface area (Å²) in [5.41, 5.74) is -0.704. The van der Waals surface area contributed by atoms with Crippen LogP contribution in [0, 0.1) is 5.92 Å². The standard InChI is InChI=1S/C16H29N3O6/c1-7-9(2)12(19-15(24)25-16(4,5)6)14(23)18-10(3)13(22)17-8-11(20)21/h9-10,12H,7-8H2,1-6H3,(H,17,22)(H,18,23)(H,19,24)(H,20,21)/t9-,10-,12-/m0/s1. The Kier molecular flexibility index (Phi) is 8.94. The van der Waals surface area contributed by atoms with Crippen molar-refractivity contribution >= 4 is 23.9 Å². The fourth-order valence-electron chi connectivity index (χ4n) is 1.82. The van der Waals surface area contributed by atoms with Gasteiger partial charge in [0.05, 0.1) is 0 Å². The average molecular weight is 359 g/mol. The lowest BCUT2D eigenvalue weighted by molar-refractivity contribution is -0.138. The van der Waals surface area contributed by atoms with Gasteiger partial charge in [0.1, 0.15) is 24.2 Å². The zero-order valence-corrected chi connectivity index (χ0v) is 15.6. The second-order valence-electron chi connectivity index (χ2n) is 6.85. The molecule has 0 saturated carbocycles. The zero-order chi connectivity index (χ0) is 19.8. The highest BCUT2D eigenvalue weighted by molar-refractivity contribution is 5.92. The quantitative estimate of drug-likeness (QED) is 0.502. The van der Waals surface area contributed by atoms with Crippen LogP contribution in [-0.2, 0) is 19.1 Å². The summed E-state index contributed by atoms with van der Waals surface area (Å²) >= 11 is 0. The molecule has 0 unspecified atom stereocenters. The van der Waals surface area contributed by atoms with Crippen LogP contribution in [0.1, 0.15) is 48.0 Å². The molecule has 3 amide bonds. The highest BCUT2D eigenvalue weighted by Crippen LogP contribution is 2.11. The van der Waals surface area contributed by atoms with E-state index in [-0.39, 0.29) is 5.92 Å². The summed E-state index contributed by atoms with van der Waals surface area (Å²) in [6.07, 6.45) is -0.107. The maximum Gasteiger partial charge on any atom is 0.408 e. The van der Waals surface area contributed by atoms with E-state index in [9.17, 15) is 19.2 Å². The first-order valence-corrected chi connectivity index (χ1v) is 8.16. The number of hydrogen-bond acceptors (Lipinski definition) is 5. The van der Waals surface area contributed by atoms with Gasteiger partial charge in [-0.3, -0.25) is 14.4 Å². The van der Waals surface area contributed by atoms with Crippen molar-refractivity contribution in [3.8, 4) is 0 Å². The monoisotopic (exact) mass is 359 g/mol. The first-order chi connectivity index (χ1) is 11.4. The normalized spacial score (nSPS) is 14.6. The summed E-state index contributed by atoms with van der Waals surface area (Å²) in [6, 6.07) is -1.83. The molecule has 0 aromatic rings. The SMILES string of the molecule is CC[C@H](C)[C@H](NC(=O)OC(C)(C)C)C(=O)N[C@@H](C)C(=O)NCC(=O)O. The number of carbonyl (C=O) groups is 4. The van der Waals surface area contributed by atoms with Gasteiger partial charge >= 0.3 is 12.1 Å². The molecule has 0 fully saturated rings. The van der Waals surface area contributed by atoms with Crippen LogP contribution in [0.2, 0.25) is 0 Å². The molecule has 0 rings (SSSR count). The Bertz CT molecular complexity index is 501. The van der Waals surface area contributed by atoms with Crippen LogP contribution in [0.15, 0.2) is 0 Å². The largest absolute Gasteiger partial charge is 0.480 e. The lowest BCUT2D eigenvalue weighted by atomic mass is 9.98. The molecule has 4 N–H and O–H groups in total. The van der Waals surface area contributed by atoms with Crippen molar-refractivity contribution in [1.82, 2.24) is 16.0 Å². The van der Waals surface area contributed by atoms with Gasteiger partial charge in [0, 0.05) is 0 Å². The fourth-order valence-corrected chi connectivity index (χ4v) is 1.82. The van der Waals surface area contributed by atoms with Crippen molar-refractivity contribution in [2.45, 2.75) is 65.6 Å². The molecular formula is C16H29N3O6. The molecule has 3 atom stereocenters. The molecule has 0 aliphatic rings. The van der Waals surface area contributed by atoms with E-state index in [0.29, 0.717) is 6.42 Å². The Morgan fingerprint density at radius 3 is 2.04 bits per heavy atom. The minimum atomic E-state index is -1.18. The van der Waals surface area contributed by atoms with E-state index in [1.54, 1.807) is 27.7 Å². The Labute approximate surface area is 147 Å². The van der Waals surface area contributed by atoms with Gasteiger partial charge in [0.25, 0.3) is 0 Å².